The average Bonchev–Trinajstić information content (AvgIpc) is 1.99. The van der Waals surface area contributed by atoms with Crippen molar-refractivity contribution in [2.45, 2.75) is 24.9 Å². The maximum atomic E-state index is 5.71. The molecule has 0 bridgehead atoms. The fourth-order valence-corrected chi connectivity index (χ4v) is 1.82. The minimum Gasteiger partial charge on any atom is -0.330 e. The SMILES string of the molecule is COO[SiH2]CCC(N)CCN. The summed E-state index contributed by atoms with van der Waals surface area (Å²) in [5.41, 5.74) is 11.0. The summed E-state index contributed by atoms with van der Waals surface area (Å²) in [4.78, 5) is 4.48. The molecular weight excluding hydrogens is 160 g/mol. The van der Waals surface area contributed by atoms with E-state index in [9.17, 15) is 0 Å². The summed E-state index contributed by atoms with van der Waals surface area (Å²) in [6.45, 7) is 0.674. The Morgan fingerprint density at radius 2 is 2.18 bits per heavy atom. The van der Waals surface area contributed by atoms with Crippen LogP contribution in [-0.4, -0.2) is 29.5 Å². The van der Waals surface area contributed by atoms with Crippen molar-refractivity contribution < 1.29 is 9.46 Å². The van der Waals surface area contributed by atoms with Crippen molar-refractivity contribution in [2.24, 2.45) is 11.5 Å². The van der Waals surface area contributed by atoms with Crippen molar-refractivity contribution >= 4 is 9.76 Å². The summed E-state index contributed by atoms with van der Waals surface area (Å²) in [7, 11) is 1.04. The standard InChI is InChI=1S/C6H18N2O2Si/c1-9-10-11-5-3-6(8)2-4-7/h6H,2-5,7-8,11H2,1H3. The number of rotatable bonds is 7. The van der Waals surface area contributed by atoms with Crippen molar-refractivity contribution in [3.05, 3.63) is 0 Å². The summed E-state index contributed by atoms with van der Waals surface area (Å²) in [6.07, 6.45) is 1.91. The Kier molecular flexibility index (Phi) is 8.20. The first kappa shape index (κ1) is 11.1. The lowest BCUT2D eigenvalue weighted by Gasteiger charge is -2.08. The first-order chi connectivity index (χ1) is 5.31. The second-order valence-corrected chi connectivity index (χ2v) is 3.82. The van der Waals surface area contributed by atoms with E-state index in [4.69, 9.17) is 16.0 Å². The maximum Gasteiger partial charge on any atom is 0.208 e. The highest BCUT2D eigenvalue weighted by Gasteiger charge is 2.00. The zero-order valence-electron chi connectivity index (χ0n) is 7.08. The topological polar surface area (TPSA) is 70.5 Å². The third-order valence-electron chi connectivity index (χ3n) is 1.46. The van der Waals surface area contributed by atoms with Crippen molar-refractivity contribution in [3.63, 3.8) is 0 Å². The number of hydrogen-bond acceptors (Lipinski definition) is 4. The van der Waals surface area contributed by atoms with Gasteiger partial charge in [0.05, 0.1) is 7.11 Å². The molecule has 4 N–H and O–H groups in total. The quantitative estimate of drug-likeness (QED) is 0.230. The molecule has 0 saturated carbocycles. The van der Waals surface area contributed by atoms with Crippen molar-refractivity contribution in [3.8, 4) is 0 Å². The molecule has 11 heavy (non-hydrogen) atoms. The molecule has 0 aromatic rings. The Bertz CT molecular complexity index is 85.0. The lowest BCUT2D eigenvalue weighted by molar-refractivity contribution is -0.179. The van der Waals surface area contributed by atoms with E-state index in [0.717, 1.165) is 18.9 Å². The summed E-state index contributed by atoms with van der Waals surface area (Å²) >= 11 is 0. The van der Waals surface area contributed by atoms with Gasteiger partial charge in [-0.1, -0.05) is 0 Å². The number of nitrogens with two attached hydrogens (primary N) is 2. The smallest absolute Gasteiger partial charge is 0.208 e. The molecule has 68 valence electrons. The first-order valence-electron chi connectivity index (χ1n) is 3.92. The highest BCUT2D eigenvalue weighted by atomic mass is 28.2. The highest BCUT2D eigenvalue weighted by Crippen LogP contribution is 1.97. The zero-order chi connectivity index (χ0) is 8.53. The van der Waals surface area contributed by atoms with E-state index in [2.05, 4.69) is 4.89 Å². The molecule has 5 heteroatoms. The van der Waals surface area contributed by atoms with Gasteiger partial charge in [-0.25, -0.2) is 0 Å². The highest BCUT2D eigenvalue weighted by molar-refractivity contribution is 6.26. The second-order valence-electron chi connectivity index (χ2n) is 2.47. The molecule has 0 rings (SSSR count). The van der Waals surface area contributed by atoms with Crippen LogP contribution in [0.5, 0.6) is 0 Å². The molecule has 0 radical (unpaired) electrons. The molecule has 0 aromatic carbocycles. The molecule has 1 unspecified atom stereocenters. The Morgan fingerprint density at radius 1 is 1.45 bits per heavy atom. The molecule has 4 nitrogen and oxygen atoms in total. The van der Waals surface area contributed by atoms with Gasteiger partial charge in [0.25, 0.3) is 0 Å². The monoisotopic (exact) mass is 178 g/mol. The van der Waals surface area contributed by atoms with E-state index in [1.807, 2.05) is 0 Å². The summed E-state index contributed by atoms with van der Waals surface area (Å²) in [6, 6.07) is 1.31. The van der Waals surface area contributed by atoms with Crippen LogP contribution in [0.2, 0.25) is 6.04 Å². The van der Waals surface area contributed by atoms with E-state index < -0.39 is 9.76 Å². The summed E-state index contributed by atoms with van der Waals surface area (Å²) in [5, 5.41) is 0. The molecule has 0 aliphatic carbocycles. The van der Waals surface area contributed by atoms with Crippen molar-refractivity contribution in [1.82, 2.24) is 0 Å². The van der Waals surface area contributed by atoms with Crippen molar-refractivity contribution in [2.75, 3.05) is 13.7 Å². The van der Waals surface area contributed by atoms with E-state index in [1.54, 1.807) is 0 Å². The molecule has 0 amide bonds. The van der Waals surface area contributed by atoms with Crippen LogP contribution in [0.1, 0.15) is 12.8 Å². The molecule has 0 saturated heterocycles. The lowest BCUT2D eigenvalue weighted by Crippen LogP contribution is -2.23. The van der Waals surface area contributed by atoms with Gasteiger partial charge in [-0.15, -0.1) is 0 Å². The van der Waals surface area contributed by atoms with E-state index in [1.165, 1.54) is 7.11 Å². The predicted molar refractivity (Wildman–Crippen MR) is 47.7 cm³/mol. The van der Waals surface area contributed by atoms with Crippen molar-refractivity contribution in [1.29, 1.82) is 0 Å². The summed E-state index contributed by atoms with van der Waals surface area (Å²) < 4.78 is 4.81. The molecular formula is C6H18N2O2Si. The van der Waals surface area contributed by atoms with Gasteiger partial charge in [0.15, 0.2) is 0 Å². The van der Waals surface area contributed by atoms with Crippen LogP contribution in [0.25, 0.3) is 0 Å². The van der Waals surface area contributed by atoms with Gasteiger partial charge in [-0.2, -0.15) is 0 Å². The minimum absolute atomic E-state index is 0.243. The van der Waals surface area contributed by atoms with Crippen LogP contribution < -0.4 is 11.5 Å². The van der Waals surface area contributed by atoms with Gasteiger partial charge in [0, 0.05) is 6.04 Å². The normalized spacial score (nSPS) is 14.5. The van der Waals surface area contributed by atoms with Crippen LogP contribution in [0.3, 0.4) is 0 Å². The second kappa shape index (κ2) is 8.16. The van der Waals surface area contributed by atoms with E-state index in [0.29, 0.717) is 6.54 Å². The molecule has 0 aromatic heterocycles. The molecule has 0 fully saturated rings. The Morgan fingerprint density at radius 3 is 2.73 bits per heavy atom. The van der Waals surface area contributed by atoms with Gasteiger partial charge < -0.3 is 11.5 Å². The predicted octanol–water partition coefficient (Wildman–Crippen LogP) is -0.867. The Balaban J connectivity index is 2.97. The van der Waals surface area contributed by atoms with Crippen LogP contribution in [-0.2, 0) is 9.46 Å². The Labute approximate surface area is 70.1 Å². The molecule has 1 atom stereocenters. The number of hydrogen-bond donors (Lipinski definition) is 2. The lowest BCUT2D eigenvalue weighted by atomic mass is 10.2. The first-order valence-corrected chi connectivity index (χ1v) is 5.50. The Hall–Kier alpha value is 0.0569. The molecule has 0 aliphatic rings. The van der Waals surface area contributed by atoms with Gasteiger partial charge in [-0.05, 0) is 25.4 Å². The molecule has 0 heterocycles. The van der Waals surface area contributed by atoms with Crippen LogP contribution in [0.4, 0.5) is 0 Å². The van der Waals surface area contributed by atoms with Crippen LogP contribution >= 0.6 is 0 Å². The summed E-state index contributed by atoms with van der Waals surface area (Å²) in [5.74, 6) is 0. The maximum absolute atomic E-state index is 5.71. The van der Waals surface area contributed by atoms with Crippen LogP contribution in [0.15, 0.2) is 0 Å². The van der Waals surface area contributed by atoms with E-state index >= 15 is 0 Å². The third kappa shape index (κ3) is 7.96. The fourth-order valence-electron chi connectivity index (χ4n) is 0.846. The van der Waals surface area contributed by atoms with Gasteiger partial charge in [0.2, 0.25) is 9.76 Å². The van der Waals surface area contributed by atoms with Gasteiger partial charge in [0.1, 0.15) is 0 Å². The molecule has 0 aliphatic heterocycles. The van der Waals surface area contributed by atoms with E-state index in [-0.39, 0.29) is 6.04 Å². The van der Waals surface area contributed by atoms with Crippen LogP contribution in [0, 0.1) is 0 Å². The third-order valence-corrected chi connectivity index (χ3v) is 2.56. The average molecular weight is 178 g/mol. The van der Waals surface area contributed by atoms with Gasteiger partial charge in [-0.3, -0.25) is 9.46 Å². The zero-order valence-corrected chi connectivity index (χ0v) is 8.50. The van der Waals surface area contributed by atoms with Gasteiger partial charge >= 0.3 is 0 Å². The molecule has 0 spiro atoms. The largest absolute Gasteiger partial charge is 0.330 e. The fraction of sp³-hybridized carbons (Fsp3) is 1.00. The minimum atomic E-state index is -0.492.